The first-order chi connectivity index (χ1) is 11.7. The summed E-state index contributed by atoms with van der Waals surface area (Å²) >= 11 is 0. The second-order valence-electron chi connectivity index (χ2n) is 5.47. The van der Waals surface area contributed by atoms with E-state index < -0.39 is 0 Å². The van der Waals surface area contributed by atoms with Gasteiger partial charge in [0.1, 0.15) is 5.75 Å². The number of carbonyl (C=O) groups is 1. The molecule has 2 heterocycles. The minimum atomic E-state index is -0.326. The molecule has 2 aromatic rings. The van der Waals surface area contributed by atoms with Crippen molar-refractivity contribution in [3.05, 3.63) is 36.0 Å². The molecule has 1 aliphatic rings. The molecular weight excluding hydrogens is 306 g/mol. The van der Waals surface area contributed by atoms with Crippen LogP contribution in [0.1, 0.15) is 23.7 Å². The van der Waals surface area contributed by atoms with Gasteiger partial charge in [-0.1, -0.05) is 12.1 Å². The second kappa shape index (κ2) is 6.67. The molecule has 1 aliphatic heterocycles. The van der Waals surface area contributed by atoms with Crippen LogP contribution in [0.2, 0.25) is 0 Å². The molecule has 0 unspecified atom stereocenters. The number of hydrogen-bond donors (Lipinski definition) is 0. The summed E-state index contributed by atoms with van der Waals surface area (Å²) in [6, 6.07) is 9.85. The van der Waals surface area contributed by atoms with Crippen molar-refractivity contribution in [3.63, 3.8) is 0 Å². The van der Waals surface area contributed by atoms with Gasteiger partial charge in [-0.25, -0.2) is 4.79 Å². The van der Waals surface area contributed by atoms with Crippen molar-refractivity contribution in [1.82, 2.24) is 4.57 Å². The number of benzene rings is 1. The number of rotatable bonds is 5. The normalized spacial score (nSPS) is 12.1. The highest BCUT2D eigenvalue weighted by molar-refractivity contribution is 5.93. The van der Waals surface area contributed by atoms with E-state index in [4.69, 9.17) is 14.7 Å². The Balaban J connectivity index is 2.08. The number of esters is 1. The van der Waals surface area contributed by atoms with Crippen LogP contribution in [0, 0.1) is 11.3 Å². The van der Waals surface area contributed by atoms with Crippen molar-refractivity contribution in [3.8, 4) is 23.1 Å². The molecule has 0 saturated carbocycles. The zero-order valence-electron chi connectivity index (χ0n) is 13.8. The maximum Gasteiger partial charge on any atom is 0.339 e. The van der Waals surface area contributed by atoms with Gasteiger partial charge in [0.05, 0.1) is 49.8 Å². The summed E-state index contributed by atoms with van der Waals surface area (Å²) < 4.78 is 12.6. The lowest BCUT2D eigenvalue weighted by Crippen LogP contribution is -2.31. The summed E-state index contributed by atoms with van der Waals surface area (Å²) in [6.07, 6.45) is 2.22. The van der Waals surface area contributed by atoms with Crippen LogP contribution < -0.4 is 9.64 Å². The van der Waals surface area contributed by atoms with Gasteiger partial charge in [-0.15, -0.1) is 0 Å². The quantitative estimate of drug-likeness (QED) is 0.791. The number of nitriles is 1. The van der Waals surface area contributed by atoms with Crippen molar-refractivity contribution in [2.45, 2.75) is 20.0 Å². The van der Waals surface area contributed by atoms with E-state index in [0.29, 0.717) is 31.8 Å². The van der Waals surface area contributed by atoms with Crippen LogP contribution in [0.5, 0.6) is 5.75 Å². The molecule has 6 nitrogen and oxygen atoms in total. The topological polar surface area (TPSA) is 67.5 Å². The number of methoxy groups -OCH3 is 1. The van der Waals surface area contributed by atoms with Gasteiger partial charge in [-0.2, -0.15) is 5.26 Å². The van der Waals surface area contributed by atoms with Crippen LogP contribution in [0.25, 0.3) is 11.3 Å². The lowest BCUT2D eigenvalue weighted by Gasteiger charge is -2.33. The van der Waals surface area contributed by atoms with Crippen molar-refractivity contribution < 1.29 is 14.3 Å². The molecule has 0 N–H and O–H groups in total. The number of anilines is 1. The summed E-state index contributed by atoms with van der Waals surface area (Å²) in [5, 5.41) is 8.93. The number of aromatic nitrogens is 1. The molecule has 3 rings (SSSR count). The van der Waals surface area contributed by atoms with Crippen LogP contribution in [0.3, 0.4) is 0 Å². The van der Waals surface area contributed by atoms with Crippen LogP contribution in [-0.2, 0) is 11.4 Å². The standard InChI is InChI=1S/C18H19N3O3/c1-3-24-18(22)13-10-15-14-6-4-7-16(23-2)17(14)20(9-5-8-19)12-21(15)11-13/h4,6-7,10-11H,3,5,9,12H2,1-2H3. The van der Waals surface area contributed by atoms with Crippen molar-refractivity contribution in [1.29, 1.82) is 5.26 Å². The fourth-order valence-electron chi connectivity index (χ4n) is 3.02. The molecule has 0 bridgehead atoms. The lowest BCUT2D eigenvalue weighted by molar-refractivity contribution is 0.0526. The van der Waals surface area contributed by atoms with E-state index in [1.54, 1.807) is 20.2 Å². The van der Waals surface area contributed by atoms with Crippen LogP contribution >= 0.6 is 0 Å². The third-order valence-electron chi connectivity index (χ3n) is 4.04. The summed E-state index contributed by atoms with van der Waals surface area (Å²) in [6.45, 7) is 3.29. The number of para-hydroxylation sites is 1. The highest BCUT2D eigenvalue weighted by atomic mass is 16.5. The van der Waals surface area contributed by atoms with Crippen molar-refractivity contribution in [2.75, 3.05) is 25.2 Å². The third-order valence-corrected chi connectivity index (χ3v) is 4.04. The number of hydrogen-bond acceptors (Lipinski definition) is 5. The molecular formula is C18H19N3O3. The first-order valence-corrected chi connectivity index (χ1v) is 7.86. The Morgan fingerprint density at radius 3 is 2.96 bits per heavy atom. The molecule has 124 valence electrons. The molecule has 6 heteroatoms. The van der Waals surface area contributed by atoms with E-state index in [1.807, 2.05) is 28.8 Å². The largest absolute Gasteiger partial charge is 0.495 e. The Bertz CT molecular complexity index is 804. The van der Waals surface area contributed by atoms with Crippen LogP contribution in [-0.4, -0.2) is 30.8 Å². The Morgan fingerprint density at radius 2 is 2.25 bits per heavy atom. The van der Waals surface area contributed by atoms with E-state index >= 15 is 0 Å². The van der Waals surface area contributed by atoms with Crippen LogP contribution in [0.15, 0.2) is 30.5 Å². The highest BCUT2D eigenvalue weighted by Crippen LogP contribution is 2.43. The SMILES string of the molecule is CCOC(=O)c1cc2n(c1)CN(CCC#N)c1c(OC)cccc1-2. The molecule has 0 radical (unpaired) electrons. The Kier molecular flexibility index (Phi) is 4.43. The fourth-order valence-corrected chi connectivity index (χ4v) is 3.02. The third kappa shape index (κ3) is 2.69. The van der Waals surface area contributed by atoms with Gasteiger partial charge < -0.3 is 18.9 Å². The van der Waals surface area contributed by atoms with E-state index in [1.165, 1.54) is 0 Å². The smallest absolute Gasteiger partial charge is 0.339 e. The molecule has 24 heavy (non-hydrogen) atoms. The van der Waals surface area contributed by atoms with Gasteiger partial charge in [-0.05, 0) is 19.1 Å². The zero-order valence-corrected chi connectivity index (χ0v) is 13.8. The predicted octanol–water partition coefficient (Wildman–Crippen LogP) is 3.03. The van der Waals surface area contributed by atoms with Crippen molar-refractivity contribution in [2.24, 2.45) is 0 Å². The van der Waals surface area contributed by atoms with Gasteiger partial charge in [0.2, 0.25) is 0 Å². The minimum absolute atomic E-state index is 0.326. The Hall–Kier alpha value is -2.94. The Morgan fingerprint density at radius 1 is 1.42 bits per heavy atom. The van der Waals surface area contributed by atoms with E-state index in [0.717, 1.165) is 22.7 Å². The van der Waals surface area contributed by atoms with Gasteiger partial charge in [0.25, 0.3) is 0 Å². The molecule has 1 aromatic heterocycles. The van der Waals surface area contributed by atoms with Crippen LogP contribution in [0.4, 0.5) is 5.69 Å². The molecule has 0 spiro atoms. The van der Waals surface area contributed by atoms with E-state index in [2.05, 4.69) is 11.0 Å². The predicted molar refractivity (Wildman–Crippen MR) is 90.0 cm³/mol. The summed E-state index contributed by atoms with van der Waals surface area (Å²) in [7, 11) is 1.63. The number of carbonyl (C=O) groups excluding carboxylic acids is 1. The maximum atomic E-state index is 12.0. The zero-order chi connectivity index (χ0) is 17.1. The minimum Gasteiger partial charge on any atom is -0.495 e. The fraction of sp³-hybridized carbons (Fsp3) is 0.333. The van der Waals surface area contributed by atoms with Gasteiger partial charge in [0, 0.05) is 18.3 Å². The highest BCUT2D eigenvalue weighted by Gasteiger charge is 2.26. The number of fused-ring (bicyclic) bond motifs is 3. The molecule has 0 fully saturated rings. The summed E-state index contributed by atoms with van der Waals surface area (Å²) in [5.41, 5.74) is 3.41. The molecule has 0 atom stereocenters. The second-order valence-corrected chi connectivity index (χ2v) is 5.47. The van der Waals surface area contributed by atoms with Crippen molar-refractivity contribution >= 4 is 11.7 Å². The molecule has 0 saturated heterocycles. The monoisotopic (exact) mass is 325 g/mol. The average Bonchev–Trinajstić information content (AvgIpc) is 3.03. The van der Waals surface area contributed by atoms with Gasteiger partial charge in [0.15, 0.2) is 0 Å². The molecule has 1 aromatic carbocycles. The van der Waals surface area contributed by atoms with Gasteiger partial charge >= 0.3 is 5.97 Å². The molecule has 0 aliphatic carbocycles. The number of ether oxygens (including phenoxy) is 2. The summed E-state index contributed by atoms with van der Waals surface area (Å²) in [5.74, 6) is 0.433. The van der Waals surface area contributed by atoms with E-state index in [9.17, 15) is 4.79 Å². The number of nitrogens with zero attached hydrogens (tertiary/aromatic N) is 3. The Labute approximate surface area is 140 Å². The maximum absolute atomic E-state index is 12.0. The lowest BCUT2D eigenvalue weighted by atomic mass is 10.1. The van der Waals surface area contributed by atoms with Gasteiger partial charge in [-0.3, -0.25) is 0 Å². The molecule has 0 amide bonds. The average molecular weight is 325 g/mol. The van der Waals surface area contributed by atoms with E-state index in [-0.39, 0.29) is 5.97 Å². The first kappa shape index (κ1) is 15.9. The first-order valence-electron chi connectivity index (χ1n) is 7.86. The summed E-state index contributed by atoms with van der Waals surface area (Å²) in [4.78, 5) is 14.1.